The molecule has 2 saturated carbocycles. The second-order valence-corrected chi connectivity index (χ2v) is 16.1. The second-order valence-electron chi connectivity index (χ2n) is 14.1. The molecule has 3 aromatic rings. The summed E-state index contributed by atoms with van der Waals surface area (Å²) in [7, 11) is -2.29. The summed E-state index contributed by atoms with van der Waals surface area (Å²) in [5, 5.41) is 9.10. The predicted molar refractivity (Wildman–Crippen MR) is 185 cm³/mol. The van der Waals surface area contributed by atoms with E-state index in [1.807, 2.05) is 12.2 Å². The van der Waals surface area contributed by atoms with Crippen molar-refractivity contribution in [2.24, 2.45) is 13.0 Å². The SMILES string of the molecule is Cc1nc2ccc(F)cc2nc1OC1CC2C(=O)NC3(C(=O)NS(=O)(=O)C4CC4)CC3C=CCCCCCC(NC(=O)c3ccnn3C)C(=O)N2C1. The van der Waals surface area contributed by atoms with Gasteiger partial charge in [0, 0.05) is 31.6 Å². The quantitative estimate of drug-likeness (QED) is 0.302. The molecule has 3 fully saturated rings. The van der Waals surface area contributed by atoms with Crippen LogP contribution in [0.4, 0.5) is 4.39 Å². The van der Waals surface area contributed by atoms with Gasteiger partial charge in [-0.3, -0.25) is 28.6 Å². The van der Waals surface area contributed by atoms with Crippen LogP contribution in [0.3, 0.4) is 0 Å². The Morgan fingerprint density at radius 2 is 1.88 bits per heavy atom. The maximum atomic E-state index is 14.5. The van der Waals surface area contributed by atoms with Gasteiger partial charge in [-0.15, -0.1) is 0 Å². The molecule has 15 nitrogen and oxygen atoms in total. The molecule has 276 valence electrons. The van der Waals surface area contributed by atoms with E-state index in [2.05, 4.69) is 30.4 Å². The minimum Gasteiger partial charge on any atom is -0.471 e. The van der Waals surface area contributed by atoms with E-state index in [-0.39, 0.29) is 36.5 Å². The first-order valence-electron chi connectivity index (χ1n) is 17.6. The number of rotatable bonds is 7. The summed E-state index contributed by atoms with van der Waals surface area (Å²) in [6, 6.07) is 3.39. The van der Waals surface area contributed by atoms with Gasteiger partial charge in [0.2, 0.25) is 27.7 Å². The molecule has 4 aliphatic rings. The summed E-state index contributed by atoms with van der Waals surface area (Å²) in [5.41, 5.74) is -0.127. The number of allylic oxidation sites excluding steroid dienone is 1. The average Bonchev–Trinajstić information content (AvgIpc) is 3.99. The van der Waals surface area contributed by atoms with Crippen molar-refractivity contribution in [3.05, 3.63) is 59.8 Å². The molecule has 3 N–H and O–H groups in total. The topological polar surface area (TPSA) is 195 Å². The minimum absolute atomic E-state index is 0.0130. The summed E-state index contributed by atoms with van der Waals surface area (Å²) in [5.74, 6) is -3.34. The molecule has 2 aliphatic carbocycles. The molecule has 1 aromatic carbocycles. The van der Waals surface area contributed by atoms with Crippen LogP contribution in [0.25, 0.3) is 11.0 Å². The van der Waals surface area contributed by atoms with Crippen molar-refractivity contribution in [3.8, 4) is 5.88 Å². The number of hydrogen-bond acceptors (Lipinski definition) is 10. The van der Waals surface area contributed by atoms with E-state index in [1.54, 1.807) is 14.0 Å². The van der Waals surface area contributed by atoms with E-state index in [0.29, 0.717) is 43.3 Å². The van der Waals surface area contributed by atoms with Crippen LogP contribution in [0.2, 0.25) is 0 Å². The largest absolute Gasteiger partial charge is 0.471 e. The first kappa shape index (κ1) is 35.5. The Morgan fingerprint density at radius 1 is 1.08 bits per heavy atom. The van der Waals surface area contributed by atoms with E-state index in [1.165, 1.54) is 40.0 Å². The number of halogens is 1. The number of hydrogen-bond donors (Lipinski definition) is 3. The van der Waals surface area contributed by atoms with Crippen LogP contribution in [0.5, 0.6) is 5.88 Å². The van der Waals surface area contributed by atoms with Crippen LogP contribution in [-0.4, -0.2) is 92.2 Å². The fraction of sp³-hybridized carbons (Fsp3) is 0.514. The molecule has 4 heterocycles. The van der Waals surface area contributed by atoms with Gasteiger partial charge < -0.3 is 20.3 Å². The fourth-order valence-corrected chi connectivity index (χ4v) is 8.41. The van der Waals surface area contributed by atoms with Gasteiger partial charge in [0.15, 0.2) is 0 Å². The van der Waals surface area contributed by atoms with E-state index in [0.717, 1.165) is 12.8 Å². The molecular formula is C35H41FN8O7S. The minimum atomic E-state index is -3.91. The first-order valence-corrected chi connectivity index (χ1v) is 19.1. The van der Waals surface area contributed by atoms with Gasteiger partial charge in [-0.2, -0.15) is 5.10 Å². The molecule has 5 atom stereocenters. The van der Waals surface area contributed by atoms with Crippen molar-refractivity contribution in [2.75, 3.05) is 6.54 Å². The van der Waals surface area contributed by atoms with Gasteiger partial charge in [-0.25, -0.2) is 22.8 Å². The van der Waals surface area contributed by atoms with Crippen molar-refractivity contribution in [3.63, 3.8) is 0 Å². The van der Waals surface area contributed by atoms with Crippen molar-refractivity contribution >= 4 is 44.7 Å². The number of ether oxygens (including phenoxy) is 1. The Balaban J connectivity index is 1.20. The number of benzene rings is 1. The van der Waals surface area contributed by atoms with Gasteiger partial charge in [-0.05, 0) is 63.6 Å². The molecule has 5 unspecified atom stereocenters. The zero-order valence-electron chi connectivity index (χ0n) is 28.9. The number of aryl methyl sites for hydroxylation is 2. The summed E-state index contributed by atoms with van der Waals surface area (Å²) < 4.78 is 49.4. The van der Waals surface area contributed by atoms with Crippen LogP contribution >= 0.6 is 0 Å². The van der Waals surface area contributed by atoms with Gasteiger partial charge in [0.1, 0.15) is 40.9 Å². The molecule has 1 saturated heterocycles. The molecule has 2 aliphatic heterocycles. The highest BCUT2D eigenvalue weighted by molar-refractivity contribution is 7.91. The van der Waals surface area contributed by atoms with E-state index < -0.39 is 74.4 Å². The van der Waals surface area contributed by atoms with Gasteiger partial charge in [0.25, 0.3) is 11.8 Å². The molecule has 0 radical (unpaired) electrons. The number of sulfonamides is 1. The number of aromatic nitrogens is 4. The van der Waals surface area contributed by atoms with E-state index >= 15 is 0 Å². The lowest BCUT2D eigenvalue weighted by atomic mass is 10.0. The first-order chi connectivity index (χ1) is 24.8. The number of amides is 4. The summed E-state index contributed by atoms with van der Waals surface area (Å²) >= 11 is 0. The highest BCUT2D eigenvalue weighted by atomic mass is 32.2. The number of nitrogens with one attached hydrogen (secondary N) is 3. The third-order valence-electron chi connectivity index (χ3n) is 10.2. The number of nitrogens with zero attached hydrogens (tertiary/aromatic N) is 5. The third-order valence-corrected chi connectivity index (χ3v) is 12.1. The van der Waals surface area contributed by atoms with Crippen molar-refractivity contribution in [1.29, 1.82) is 0 Å². The molecule has 0 spiro atoms. The standard InChI is InChI=1S/C35H41FN8O7S/c1-20-32(40-27-16-22(36)10-13-25(27)38-20)51-23-17-29-31(46)41-35(34(48)42-52(49,50)24-11-12-24)18-21(35)8-6-4-3-5-7-9-26(33(47)44(29)19-23)39-30(45)28-14-15-37-43(28)2/h6,8,10,13-16,21,23-24,26,29H,3-5,7,9,11-12,17-19H2,1-2H3,(H,39,45)(H,41,46)(H,42,48). The highest BCUT2D eigenvalue weighted by Gasteiger charge is 2.62. The van der Waals surface area contributed by atoms with Crippen molar-refractivity contribution in [2.45, 2.75) is 93.7 Å². The maximum absolute atomic E-state index is 14.5. The zero-order chi connectivity index (χ0) is 36.8. The monoisotopic (exact) mass is 736 g/mol. The Morgan fingerprint density at radius 3 is 2.63 bits per heavy atom. The van der Waals surface area contributed by atoms with E-state index in [4.69, 9.17) is 4.74 Å². The number of carbonyl (C=O) groups excluding carboxylic acids is 4. The Labute approximate surface area is 299 Å². The second kappa shape index (κ2) is 13.9. The zero-order valence-corrected chi connectivity index (χ0v) is 29.7. The van der Waals surface area contributed by atoms with Gasteiger partial charge >= 0.3 is 0 Å². The smallest absolute Gasteiger partial charge is 0.270 e. The van der Waals surface area contributed by atoms with E-state index in [9.17, 15) is 32.0 Å². The van der Waals surface area contributed by atoms with Crippen LogP contribution in [-0.2, 0) is 31.5 Å². The number of carbonyl (C=O) groups is 4. The lowest BCUT2D eigenvalue weighted by molar-refractivity contribution is -0.141. The highest BCUT2D eigenvalue weighted by Crippen LogP contribution is 2.46. The molecule has 2 aromatic heterocycles. The lowest BCUT2D eigenvalue weighted by Crippen LogP contribution is -2.58. The molecule has 0 bridgehead atoms. The maximum Gasteiger partial charge on any atom is 0.270 e. The molecule has 52 heavy (non-hydrogen) atoms. The average molecular weight is 737 g/mol. The summed E-state index contributed by atoms with van der Waals surface area (Å²) in [6.45, 7) is 1.61. The molecule has 7 rings (SSSR count). The third kappa shape index (κ3) is 7.22. The molecular weight excluding hydrogens is 695 g/mol. The lowest BCUT2D eigenvalue weighted by Gasteiger charge is -2.30. The fourth-order valence-electron chi connectivity index (χ4n) is 7.05. The summed E-state index contributed by atoms with van der Waals surface area (Å²) in [6.07, 6.45) is 8.68. The van der Waals surface area contributed by atoms with Crippen molar-refractivity contribution < 1.29 is 36.7 Å². The van der Waals surface area contributed by atoms with Crippen LogP contribution in [0, 0.1) is 18.7 Å². The van der Waals surface area contributed by atoms with Gasteiger partial charge in [-0.1, -0.05) is 25.0 Å². The Bertz CT molecular complexity index is 2070. The van der Waals surface area contributed by atoms with Crippen LogP contribution in [0.1, 0.15) is 74.0 Å². The molecule has 17 heteroatoms. The molecule has 4 amide bonds. The predicted octanol–water partition coefficient (Wildman–Crippen LogP) is 1.96. The van der Waals surface area contributed by atoms with Gasteiger partial charge in [0.05, 0.1) is 22.8 Å². The van der Waals surface area contributed by atoms with Crippen molar-refractivity contribution in [1.82, 2.24) is 40.0 Å². The summed E-state index contributed by atoms with van der Waals surface area (Å²) in [4.78, 5) is 66.0. The van der Waals surface area contributed by atoms with Crippen LogP contribution in [0.15, 0.2) is 42.6 Å². The Hall–Kier alpha value is -4.93. The van der Waals surface area contributed by atoms with Crippen LogP contribution < -0.4 is 20.1 Å². The number of fused-ring (bicyclic) bond motifs is 3. The Kier molecular flexibility index (Phi) is 9.48. The normalized spacial score (nSPS) is 26.8.